The van der Waals surface area contributed by atoms with Crippen LogP contribution in [-0.2, 0) is 0 Å². The molecular formula is C10H17N5O2. The number of hydrogen-bond donors (Lipinski definition) is 2. The van der Waals surface area contributed by atoms with E-state index >= 15 is 0 Å². The van der Waals surface area contributed by atoms with Crippen molar-refractivity contribution < 1.29 is 9.84 Å². The van der Waals surface area contributed by atoms with Crippen LogP contribution in [0.2, 0.25) is 0 Å². The highest BCUT2D eigenvalue weighted by Crippen LogP contribution is 2.24. The van der Waals surface area contributed by atoms with Crippen molar-refractivity contribution in [2.75, 3.05) is 30.3 Å². The largest absolute Gasteiger partial charge is 0.464 e. The topological polar surface area (TPSA) is 97.4 Å². The van der Waals surface area contributed by atoms with Crippen LogP contribution in [0.3, 0.4) is 0 Å². The van der Waals surface area contributed by atoms with Gasteiger partial charge in [0.1, 0.15) is 0 Å². The fourth-order valence-electron chi connectivity index (χ4n) is 1.81. The van der Waals surface area contributed by atoms with Crippen molar-refractivity contribution in [3.63, 3.8) is 0 Å². The van der Waals surface area contributed by atoms with E-state index in [-0.39, 0.29) is 12.0 Å². The molecule has 1 fully saturated rings. The Bertz CT molecular complexity index is 410. The second-order valence-electron chi connectivity index (χ2n) is 4.38. The third-order valence-electron chi connectivity index (χ3n) is 2.63. The highest BCUT2D eigenvalue weighted by molar-refractivity contribution is 5.38. The molecule has 94 valence electrons. The molecule has 2 heterocycles. The molecule has 0 amide bonds. The van der Waals surface area contributed by atoms with E-state index in [9.17, 15) is 5.11 Å². The molecule has 7 nitrogen and oxygen atoms in total. The number of ether oxygens (including phenoxy) is 1. The predicted octanol–water partition coefficient (Wildman–Crippen LogP) is -0.186. The molecule has 0 aromatic carbocycles. The molecule has 7 heteroatoms. The standard InChI is InChI=1S/C10H17N5O2/c1-3-17-9-13-7(11)12-8(14-9)15-5-4-10(2,16)6-15/h16H,3-6H2,1-2H3,(H2,11,12,13,14). The van der Waals surface area contributed by atoms with Gasteiger partial charge in [0, 0.05) is 13.1 Å². The van der Waals surface area contributed by atoms with Crippen molar-refractivity contribution in [3.05, 3.63) is 0 Å². The van der Waals surface area contributed by atoms with E-state index in [1.165, 1.54) is 0 Å². The van der Waals surface area contributed by atoms with E-state index in [4.69, 9.17) is 10.5 Å². The van der Waals surface area contributed by atoms with Gasteiger partial charge in [-0.3, -0.25) is 0 Å². The summed E-state index contributed by atoms with van der Waals surface area (Å²) in [4.78, 5) is 14.0. The molecule has 1 aliphatic heterocycles. The number of nitrogen functional groups attached to an aromatic ring is 1. The number of aliphatic hydroxyl groups is 1. The van der Waals surface area contributed by atoms with Crippen molar-refractivity contribution in [2.45, 2.75) is 25.9 Å². The number of aromatic nitrogens is 3. The van der Waals surface area contributed by atoms with Gasteiger partial charge in [0.15, 0.2) is 0 Å². The van der Waals surface area contributed by atoms with E-state index in [0.717, 1.165) is 0 Å². The molecule has 2 rings (SSSR count). The van der Waals surface area contributed by atoms with Gasteiger partial charge in [-0.2, -0.15) is 15.0 Å². The number of hydrogen-bond acceptors (Lipinski definition) is 7. The molecule has 0 spiro atoms. The Labute approximate surface area is 99.6 Å². The van der Waals surface area contributed by atoms with E-state index in [0.29, 0.717) is 32.1 Å². The Kier molecular flexibility index (Phi) is 3.01. The number of nitrogens with two attached hydrogens (primary N) is 1. The monoisotopic (exact) mass is 239 g/mol. The molecule has 1 aromatic heterocycles. The fraction of sp³-hybridized carbons (Fsp3) is 0.700. The lowest BCUT2D eigenvalue weighted by molar-refractivity contribution is 0.0838. The smallest absolute Gasteiger partial charge is 0.323 e. The van der Waals surface area contributed by atoms with Crippen LogP contribution in [-0.4, -0.2) is 45.4 Å². The van der Waals surface area contributed by atoms with Gasteiger partial charge in [-0.05, 0) is 20.3 Å². The Hall–Kier alpha value is -1.63. The normalized spacial score (nSPS) is 24.1. The fourth-order valence-corrected chi connectivity index (χ4v) is 1.81. The zero-order valence-electron chi connectivity index (χ0n) is 10.1. The van der Waals surface area contributed by atoms with Gasteiger partial charge in [-0.15, -0.1) is 0 Å². The molecule has 17 heavy (non-hydrogen) atoms. The van der Waals surface area contributed by atoms with Crippen LogP contribution >= 0.6 is 0 Å². The first kappa shape index (κ1) is 11.8. The van der Waals surface area contributed by atoms with Crippen LogP contribution in [0.25, 0.3) is 0 Å². The Morgan fingerprint density at radius 1 is 1.47 bits per heavy atom. The molecule has 3 N–H and O–H groups in total. The average Bonchev–Trinajstić information content (AvgIpc) is 2.58. The minimum absolute atomic E-state index is 0.130. The van der Waals surface area contributed by atoms with Crippen LogP contribution in [0.15, 0.2) is 0 Å². The van der Waals surface area contributed by atoms with E-state index in [1.807, 2.05) is 11.8 Å². The van der Waals surface area contributed by atoms with Crippen molar-refractivity contribution >= 4 is 11.9 Å². The predicted molar refractivity (Wildman–Crippen MR) is 62.9 cm³/mol. The maximum Gasteiger partial charge on any atom is 0.323 e. The van der Waals surface area contributed by atoms with Gasteiger partial charge < -0.3 is 20.5 Å². The summed E-state index contributed by atoms with van der Waals surface area (Å²) in [5, 5.41) is 9.89. The molecular weight excluding hydrogens is 222 g/mol. The van der Waals surface area contributed by atoms with Gasteiger partial charge >= 0.3 is 6.01 Å². The van der Waals surface area contributed by atoms with Crippen LogP contribution in [0.5, 0.6) is 6.01 Å². The average molecular weight is 239 g/mol. The molecule has 1 unspecified atom stereocenters. The van der Waals surface area contributed by atoms with Crippen molar-refractivity contribution in [1.82, 2.24) is 15.0 Å². The molecule has 1 saturated heterocycles. The van der Waals surface area contributed by atoms with Crippen LogP contribution < -0.4 is 15.4 Å². The number of rotatable bonds is 3. The highest BCUT2D eigenvalue weighted by atomic mass is 16.5. The summed E-state index contributed by atoms with van der Waals surface area (Å²) in [6.45, 7) is 5.30. The summed E-state index contributed by atoms with van der Waals surface area (Å²) in [6, 6.07) is 0.224. The second-order valence-corrected chi connectivity index (χ2v) is 4.38. The van der Waals surface area contributed by atoms with Crippen LogP contribution in [0.1, 0.15) is 20.3 Å². The molecule has 0 saturated carbocycles. The van der Waals surface area contributed by atoms with Crippen molar-refractivity contribution in [2.24, 2.45) is 0 Å². The first-order valence-corrected chi connectivity index (χ1v) is 5.62. The Morgan fingerprint density at radius 2 is 2.24 bits per heavy atom. The maximum atomic E-state index is 9.89. The zero-order valence-corrected chi connectivity index (χ0v) is 10.1. The summed E-state index contributed by atoms with van der Waals surface area (Å²) >= 11 is 0. The third kappa shape index (κ3) is 2.73. The first-order valence-electron chi connectivity index (χ1n) is 5.62. The number of anilines is 2. The van der Waals surface area contributed by atoms with Crippen LogP contribution in [0.4, 0.5) is 11.9 Å². The lowest BCUT2D eigenvalue weighted by atomic mass is 10.1. The minimum atomic E-state index is -0.701. The molecule has 1 aliphatic rings. The van der Waals surface area contributed by atoms with Gasteiger partial charge in [0.05, 0.1) is 12.2 Å². The van der Waals surface area contributed by atoms with Crippen molar-refractivity contribution in [1.29, 1.82) is 0 Å². The molecule has 1 atom stereocenters. The lowest BCUT2D eigenvalue weighted by Gasteiger charge is -2.19. The summed E-state index contributed by atoms with van der Waals surface area (Å²) < 4.78 is 5.21. The summed E-state index contributed by atoms with van der Waals surface area (Å²) in [5.74, 6) is 0.587. The summed E-state index contributed by atoms with van der Waals surface area (Å²) in [6.07, 6.45) is 0.683. The van der Waals surface area contributed by atoms with E-state index < -0.39 is 5.60 Å². The van der Waals surface area contributed by atoms with Crippen molar-refractivity contribution in [3.8, 4) is 6.01 Å². The van der Waals surface area contributed by atoms with Gasteiger partial charge in [-0.25, -0.2) is 0 Å². The zero-order chi connectivity index (χ0) is 12.5. The third-order valence-corrected chi connectivity index (χ3v) is 2.63. The van der Waals surface area contributed by atoms with E-state index in [1.54, 1.807) is 6.92 Å². The second kappa shape index (κ2) is 4.33. The SMILES string of the molecule is CCOc1nc(N)nc(N2CCC(C)(O)C2)n1. The minimum Gasteiger partial charge on any atom is -0.464 e. The highest BCUT2D eigenvalue weighted by Gasteiger charge is 2.33. The maximum absolute atomic E-state index is 9.89. The molecule has 0 radical (unpaired) electrons. The number of nitrogens with zero attached hydrogens (tertiary/aromatic N) is 4. The molecule has 0 bridgehead atoms. The Morgan fingerprint density at radius 3 is 2.82 bits per heavy atom. The van der Waals surface area contributed by atoms with Gasteiger partial charge in [-0.1, -0.05) is 0 Å². The quantitative estimate of drug-likeness (QED) is 0.754. The lowest BCUT2D eigenvalue weighted by Crippen LogP contribution is -2.30. The summed E-state index contributed by atoms with van der Waals surface area (Å²) in [5.41, 5.74) is 4.89. The first-order chi connectivity index (χ1) is 8.00. The van der Waals surface area contributed by atoms with Crippen LogP contribution in [0, 0.1) is 0 Å². The number of β-amino-alcohol motifs (C(OH)–C–C–N with tert-alkyl or cyclic N) is 1. The van der Waals surface area contributed by atoms with Gasteiger partial charge in [0.2, 0.25) is 11.9 Å². The Balaban J connectivity index is 2.21. The molecule has 1 aromatic rings. The van der Waals surface area contributed by atoms with Gasteiger partial charge in [0.25, 0.3) is 0 Å². The molecule has 0 aliphatic carbocycles. The summed E-state index contributed by atoms with van der Waals surface area (Å²) in [7, 11) is 0. The van der Waals surface area contributed by atoms with E-state index in [2.05, 4.69) is 15.0 Å².